The minimum Gasteiger partial charge on any atom is -0.497 e. The molecule has 22 heavy (non-hydrogen) atoms. The van der Waals surface area contributed by atoms with Gasteiger partial charge in [0.15, 0.2) is 0 Å². The molecule has 0 atom stereocenters. The molecular formula is C18H15NO3. The zero-order chi connectivity index (χ0) is 15.5. The van der Waals surface area contributed by atoms with Crippen LogP contribution < -0.4 is 15.0 Å². The molecule has 4 heteroatoms. The molecule has 0 amide bonds. The van der Waals surface area contributed by atoms with Gasteiger partial charge in [-0.1, -0.05) is 12.1 Å². The monoisotopic (exact) mass is 293 g/mol. The van der Waals surface area contributed by atoms with E-state index in [2.05, 4.69) is 4.98 Å². The van der Waals surface area contributed by atoms with Crippen molar-refractivity contribution < 1.29 is 9.47 Å². The lowest BCUT2D eigenvalue weighted by Crippen LogP contribution is -1.99. The van der Waals surface area contributed by atoms with E-state index in [9.17, 15) is 4.79 Å². The largest absolute Gasteiger partial charge is 0.497 e. The summed E-state index contributed by atoms with van der Waals surface area (Å²) in [6, 6.07) is 16.5. The smallest absolute Gasteiger partial charge is 0.270 e. The number of ether oxygens (including phenoxy) is 2. The van der Waals surface area contributed by atoms with Crippen LogP contribution in [-0.2, 0) is 0 Å². The summed E-state index contributed by atoms with van der Waals surface area (Å²) in [5.74, 6) is 1.50. The van der Waals surface area contributed by atoms with Crippen LogP contribution in [0.25, 0.3) is 22.0 Å². The molecule has 0 spiro atoms. The Kier molecular flexibility index (Phi) is 3.74. The number of rotatable bonds is 3. The Bertz CT molecular complexity index is 873. The van der Waals surface area contributed by atoms with Gasteiger partial charge in [0.1, 0.15) is 11.5 Å². The highest BCUT2D eigenvalue weighted by Gasteiger charge is 2.03. The molecule has 0 N–H and O–H groups in total. The molecule has 0 saturated heterocycles. The summed E-state index contributed by atoms with van der Waals surface area (Å²) >= 11 is 0. The lowest BCUT2D eigenvalue weighted by Gasteiger charge is -2.02. The van der Waals surface area contributed by atoms with Gasteiger partial charge in [-0.3, -0.25) is 4.79 Å². The first kappa shape index (κ1) is 14.1. The van der Waals surface area contributed by atoms with E-state index >= 15 is 0 Å². The molecule has 0 radical (unpaired) electrons. The number of nitrogens with zero attached hydrogens (tertiary/aromatic N) is 1. The summed E-state index contributed by atoms with van der Waals surface area (Å²) in [7, 11) is 3.23. The Hall–Kier alpha value is -2.88. The third-order valence-electron chi connectivity index (χ3n) is 3.48. The van der Waals surface area contributed by atoms with E-state index < -0.39 is 0 Å². The van der Waals surface area contributed by atoms with Crippen molar-refractivity contribution in [2.24, 2.45) is 0 Å². The molecule has 4 nitrogen and oxygen atoms in total. The van der Waals surface area contributed by atoms with Crippen LogP contribution in [0.4, 0.5) is 0 Å². The first-order valence-electron chi connectivity index (χ1n) is 6.84. The van der Waals surface area contributed by atoms with E-state index in [4.69, 9.17) is 9.47 Å². The van der Waals surface area contributed by atoms with Crippen LogP contribution in [0.15, 0.2) is 59.4 Å². The summed E-state index contributed by atoms with van der Waals surface area (Å²) < 4.78 is 10.4. The maximum Gasteiger partial charge on any atom is 0.270 e. The van der Waals surface area contributed by atoms with Gasteiger partial charge >= 0.3 is 0 Å². The Morgan fingerprint density at radius 2 is 1.45 bits per heavy atom. The first-order chi connectivity index (χ1) is 10.7. The Balaban J connectivity index is 2.22. The number of methoxy groups -OCH3 is 2. The van der Waals surface area contributed by atoms with Gasteiger partial charge < -0.3 is 9.47 Å². The predicted octanol–water partition coefficient (Wildman–Crippen LogP) is 3.28. The third kappa shape index (κ3) is 2.76. The van der Waals surface area contributed by atoms with Crippen LogP contribution in [0, 0.1) is 0 Å². The number of hydrogen-bond donors (Lipinski definition) is 0. The van der Waals surface area contributed by atoms with Crippen molar-refractivity contribution in [3.05, 3.63) is 65.0 Å². The van der Waals surface area contributed by atoms with Crippen molar-refractivity contribution in [1.29, 1.82) is 0 Å². The molecule has 0 aliphatic carbocycles. The number of aromatic nitrogens is 1. The van der Waals surface area contributed by atoms with Gasteiger partial charge in [0.25, 0.3) is 5.56 Å². The van der Waals surface area contributed by atoms with Crippen molar-refractivity contribution in [3.8, 4) is 22.6 Å². The average Bonchev–Trinajstić information content (AvgIpc) is 2.72. The Morgan fingerprint density at radius 1 is 0.773 bits per heavy atom. The van der Waals surface area contributed by atoms with Crippen LogP contribution in [0.5, 0.6) is 11.5 Å². The summed E-state index contributed by atoms with van der Waals surface area (Å²) in [6.07, 6.45) is 0. The quantitative estimate of drug-likeness (QED) is 0.743. The van der Waals surface area contributed by atoms with Crippen molar-refractivity contribution in [3.63, 3.8) is 0 Å². The van der Waals surface area contributed by atoms with Crippen molar-refractivity contribution >= 4 is 10.9 Å². The SMILES string of the molecule is COc1ccc(-c2cc(=O)nc3ccc(OC)cc3c2)cc1. The summed E-state index contributed by atoms with van der Waals surface area (Å²) in [6.45, 7) is 0. The minimum absolute atomic E-state index is 0.272. The lowest BCUT2D eigenvalue weighted by atomic mass is 10.1. The summed E-state index contributed by atoms with van der Waals surface area (Å²) in [4.78, 5) is 16.1. The van der Waals surface area contributed by atoms with E-state index in [1.54, 1.807) is 26.4 Å². The maximum absolute atomic E-state index is 12.0. The lowest BCUT2D eigenvalue weighted by molar-refractivity contribution is 0.415. The van der Waals surface area contributed by atoms with Crippen LogP contribution in [-0.4, -0.2) is 19.2 Å². The first-order valence-corrected chi connectivity index (χ1v) is 6.84. The molecule has 0 unspecified atom stereocenters. The topological polar surface area (TPSA) is 48.4 Å². The Morgan fingerprint density at radius 3 is 2.14 bits per heavy atom. The number of benzene rings is 2. The fourth-order valence-corrected chi connectivity index (χ4v) is 2.32. The fraction of sp³-hybridized carbons (Fsp3) is 0.111. The molecule has 0 saturated carbocycles. The fourth-order valence-electron chi connectivity index (χ4n) is 2.32. The summed E-state index contributed by atoms with van der Waals surface area (Å²) in [5, 5.41) is 0.854. The van der Waals surface area contributed by atoms with E-state index in [1.165, 1.54) is 6.07 Å². The van der Waals surface area contributed by atoms with Crippen molar-refractivity contribution in [2.45, 2.75) is 0 Å². The van der Waals surface area contributed by atoms with Crippen LogP contribution in [0.3, 0.4) is 0 Å². The Labute approximate surface area is 128 Å². The highest BCUT2D eigenvalue weighted by Crippen LogP contribution is 2.25. The van der Waals surface area contributed by atoms with Gasteiger partial charge in [-0.05, 0) is 47.5 Å². The minimum atomic E-state index is -0.272. The average molecular weight is 293 g/mol. The van der Waals surface area contributed by atoms with Gasteiger partial charge in [0, 0.05) is 11.5 Å². The molecule has 0 aliphatic rings. The second kappa shape index (κ2) is 5.85. The van der Waals surface area contributed by atoms with Crippen LogP contribution in [0.1, 0.15) is 0 Å². The van der Waals surface area contributed by atoms with Gasteiger partial charge in [-0.25, -0.2) is 4.98 Å². The highest BCUT2D eigenvalue weighted by atomic mass is 16.5. The standard InChI is InChI=1S/C18H15NO3/c1-21-15-5-3-12(4-6-15)13-9-14-10-16(22-2)7-8-17(14)19-18(20)11-13/h3-11H,1-2H3. The van der Waals surface area contributed by atoms with E-state index in [1.807, 2.05) is 36.4 Å². The molecule has 0 fully saturated rings. The zero-order valence-corrected chi connectivity index (χ0v) is 12.4. The normalized spacial score (nSPS) is 10.5. The van der Waals surface area contributed by atoms with Gasteiger partial charge in [0.2, 0.25) is 0 Å². The van der Waals surface area contributed by atoms with Gasteiger partial charge in [-0.2, -0.15) is 0 Å². The van der Waals surface area contributed by atoms with E-state index in [-0.39, 0.29) is 5.56 Å². The molecule has 3 rings (SSSR count). The van der Waals surface area contributed by atoms with Crippen molar-refractivity contribution in [1.82, 2.24) is 4.98 Å². The van der Waals surface area contributed by atoms with Crippen LogP contribution >= 0.6 is 0 Å². The second-order valence-electron chi connectivity index (χ2n) is 4.85. The molecule has 0 bridgehead atoms. The van der Waals surface area contributed by atoms with Gasteiger partial charge in [0.05, 0.1) is 19.7 Å². The van der Waals surface area contributed by atoms with Crippen LogP contribution in [0.2, 0.25) is 0 Å². The molecule has 0 aliphatic heterocycles. The molecule has 3 aromatic rings. The maximum atomic E-state index is 12.0. The zero-order valence-electron chi connectivity index (χ0n) is 12.4. The molecule has 1 heterocycles. The number of hydrogen-bond acceptors (Lipinski definition) is 4. The summed E-state index contributed by atoms with van der Waals surface area (Å²) in [5.41, 5.74) is 2.11. The molecule has 1 aromatic heterocycles. The predicted molar refractivity (Wildman–Crippen MR) is 86.6 cm³/mol. The third-order valence-corrected chi connectivity index (χ3v) is 3.48. The van der Waals surface area contributed by atoms with E-state index in [0.29, 0.717) is 5.52 Å². The highest BCUT2D eigenvalue weighted by molar-refractivity contribution is 5.83. The number of fused-ring (bicyclic) bond motifs is 1. The molecule has 2 aromatic carbocycles. The second-order valence-corrected chi connectivity index (χ2v) is 4.85. The molecular weight excluding hydrogens is 278 g/mol. The van der Waals surface area contributed by atoms with Crippen molar-refractivity contribution in [2.75, 3.05) is 14.2 Å². The van der Waals surface area contributed by atoms with E-state index in [0.717, 1.165) is 28.0 Å². The molecule has 110 valence electrons. The van der Waals surface area contributed by atoms with Gasteiger partial charge in [-0.15, -0.1) is 0 Å².